The Morgan fingerprint density at radius 1 is 1.03 bits per heavy atom. The van der Waals surface area contributed by atoms with Gasteiger partial charge in [-0.3, -0.25) is 4.79 Å². The zero-order valence-corrected chi connectivity index (χ0v) is 18.7. The molecule has 1 atom stereocenters. The van der Waals surface area contributed by atoms with Gasteiger partial charge in [0, 0.05) is 43.3 Å². The van der Waals surface area contributed by atoms with Crippen LogP contribution in [-0.2, 0) is 11.3 Å². The lowest BCUT2D eigenvalue weighted by molar-refractivity contribution is -0.134. The second-order valence-corrected chi connectivity index (χ2v) is 8.15. The predicted octanol–water partition coefficient (Wildman–Crippen LogP) is 4.78. The van der Waals surface area contributed by atoms with E-state index in [1.54, 1.807) is 17.0 Å². The van der Waals surface area contributed by atoms with Crippen LogP contribution in [0.5, 0.6) is 0 Å². The van der Waals surface area contributed by atoms with Crippen LogP contribution in [0.2, 0.25) is 0 Å². The third-order valence-corrected chi connectivity index (χ3v) is 5.80. The minimum Gasteiger partial charge on any atom is -0.348 e. The fourth-order valence-corrected chi connectivity index (χ4v) is 4.23. The van der Waals surface area contributed by atoms with Gasteiger partial charge in [-0.1, -0.05) is 19.1 Å². The monoisotopic (exact) mass is 470 g/mol. The van der Waals surface area contributed by atoms with Crippen molar-refractivity contribution in [2.75, 3.05) is 25.0 Å². The molecule has 3 amide bonds. The lowest BCUT2D eigenvalue weighted by Gasteiger charge is -2.38. The Morgan fingerprint density at radius 3 is 2.59 bits per heavy atom. The quantitative estimate of drug-likeness (QED) is 0.564. The predicted molar refractivity (Wildman–Crippen MR) is 122 cm³/mol. The molecule has 4 rings (SSSR count). The van der Waals surface area contributed by atoms with Crippen LogP contribution in [-0.4, -0.2) is 45.9 Å². The van der Waals surface area contributed by atoms with Gasteiger partial charge in [-0.25, -0.2) is 18.0 Å². The highest BCUT2D eigenvalue weighted by Crippen LogP contribution is 2.33. The van der Waals surface area contributed by atoms with E-state index in [1.807, 2.05) is 29.8 Å². The van der Waals surface area contributed by atoms with Crippen LogP contribution >= 0.6 is 0 Å². The van der Waals surface area contributed by atoms with Gasteiger partial charge in [0.05, 0.1) is 6.04 Å². The molecule has 2 heterocycles. The van der Waals surface area contributed by atoms with Crippen molar-refractivity contribution in [3.05, 3.63) is 89.5 Å². The maximum atomic E-state index is 14.0. The van der Waals surface area contributed by atoms with E-state index in [0.717, 1.165) is 17.8 Å². The van der Waals surface area contributed by atoms with Gasteiger partial charge in [0.15, 0.2) is 11.6 Å². The molecular weight excluding hydrogens is 445 g/mol. The molecule has 0 bridgehead atoms. The molecule has 0 saturated carbocycles. The van der Waals surface area contributed by atoms with Gasteiger partial charge in [0.1, 0.15) is 12.4 Å². The van der Waals surface area contributed by atoms with Crippen LogP contribution < -0.4 is 5.32 Å². The SMILES string of the molecule is CCCN(CC(=O)N1CCn2cccc2[C@@H]1c1cccc(F)c1)C(=O)Nc1ccc(F)c(F)c1. The van der Waals surface area contributed by atoms with E-state index < -0.39 is 29.5 Å². The molecule has 34 heavy (non-hydrogen) atoms. The van der Waals surface area contributed by atoms with E-state index in [4.69, 9.17) is 0 Å². The molecule has 0 unspecified atom stereocenters. The van der Waals surface area contributed by atoms with Crippen LogP contribution in [0.4, 0.5) is 23.7 Å². The second kappa shape index (κ2) is 10.0. The highest BCUT2D eigenvalue weighted by Gasteiger charge is 2.33. The average molecular weight is 470 g/mol. The van der Waals surface area contributed by atoms with E-state index in [9.17, 15) is 22.8 Å². The number of hydrogen-bond donors (Lipinski definition) is 1. The average Bonchev–Trinajstić information content (AvgIpc) is 3.29. The van der Waals surface area contributed by atoms with E-state index in [-0.39, 0.29) is 24.7 Å². The van der Waals surface area contributed by atoms with Gasteiger partial charge in [-0.05, 0) is 48.4 Å². The van der Waals surface area contributed by atoms with Crippen LogP contribution in [0, 0.1) is 17.5 Å². The number of urea groups is 1. The van der Waals surface area contributed by atoms with Gasteiger partial charge in [-0.15, -0.1) is 0 Å². The van der Waals surface area contributed by atoms with E-state index in [2.05, 4.69) is 5.32 Å². The van der Waals surface area contributed by atoms with Crippen LogP contribution in [0.3, 0.4) is 0 Å². The molecule has 2 aromatic carbocycles. The molecule has 6 nitrogen and oxygen atoms in total. The third kappa shape index (κ3) is 4.93. The number of benzene rings is 2. The van der Waals surface area contributed by atoms with Crippen LogP contribution in [0.15, 0.2) is 60.8 Å². The standard InChI is InChI=1S/C25H25F3N4O2/c1-2-10-31(25(34)29-19-8-9-20(27)21(28)15-19)16-23(33)32-13-12-30-11-4-7-22(30)24(32)17-5-3-6-18(26)14-17/h3-9,11,14-15,24H,2,10,12-13,16H2,1H3,(H,29,34)/t24-/m0/s1. The minimum atomic E-state index is -1.08. The number of carbonyl (C=O) groups is 2. The second-order valence-electron chi connectivity index (χ2n) is 8.15. The summed E-state index contributed by atoms with van der Waals surface area (Å²) in [6.07, 6.45) is 2.51. The summed E-state index contributed by atoms with van der Waals surface area (Å²) in [5.74, 6) is -2.79. The van der Waals surface area contributed by atoms with Crippen molar-refractivity contribution in [1.82, 2.24) is 14.4 Å². The number of aromatic nitrogens is 1. The summed E-state index contributed by atoms with van der Waals surface area (Å²) in [6, 6.07) is 11.9. The Bertz CT molecular complexity index is 1200. The smallest absolute Gasteiger partial charge is 0.322 e. The molecule has 178 valence electrons. The zero-order valence-electron chi connectivity index (χ0n) is 18.7. The van der Waals surface area contributed by atoms with Gasteiger partial charge in [0.2, 0.25) is 5.91 Å². The molecular formula is C25H25F3N4O2. The Kier molecular flexibility index (Phi) is 6.90. The van der Waals surface area contributed by atoms with Gasteiger partial charge >= 0.3 is 6.03 Å². The largest absolute Gasteiger partial charge is 0.348 e. The summed E-state index contributed by atoms with van der Waals surface area (Å²) >= 11 is 0. The van der Waals surface area contributed by atoms with Crippen LogP contribution in [0.25, 0.3) is 0 Å². The number of hydrogen-bond acceptors (Lipinski definition) is 2. The molecule has 0 aliphatic carbocycles. The third-order valence-electron chi connectivity index (χ3n) is 5.80. The van der Waals surface area contributed by atoms with Crippen molar-refractivity contribution in [2.24, 2.45) is 0 Å². The molecule has 0 spiro atoms. The zero-order chi connectivity index (χ0) is 24.2. The molecule has 0 saturated heterocycles. The van der Waals surface area contributed by atoms with Crippen molar-refractivity contribution < 1.29 is 22.8 Å². The maximum absolute atomic E-state index is 14.0. The number of fused-ring (bicyclic) bond motifs is 1. The summed E-state index contributed by atoms with van der Waals surface area (Å²) in [7, 11) is 0. The molecule has 1 aliphatic rings. The number of nitrogens with zero attached hydrogens (tertiary/aromatic N) is 3. The first kappa shape index (κ1) is 23.4. The van der Waals surface area contributed by atoms with E-state index in [1.165, 1.54) is 23.1 Å². The van der Waals surface area contributed by atoms with Gasteiger partial charge in [0.25, 0.3) is 0 Å². The Balaban J connectivity index is 1.55. The van der Waals surface area contributed by atoms with Gasteiger partial charge in [-0.2, -0.15) is 0 Å². The number of amides is 3. The number of rotatable bonds is 6. The molecule has 0 fully saturated rings. The molecule has 1 aliphatic heterocycles. The Hall–Kier alpha value is -3.75. The van der Waals surface area contributed by atoms with Gasteiger partial charge < -0.3 is 19.7 Å². The highest BCUT2D eigenvalue weighted by molar-refractivity contribution is 5.92. The first-order valence-electron chi connectivity index (χ1n) is 11.1. The van der Waals surface area contributed by atoms with Crippen LogP contribution in [0.1, 0.15) is 30.6 Å². The summed E-state index contributed by atoms with van der Waals surface area (Å²) in [5.41, 5.74) is 1.59. The number of nitrogens with one attached hydrogen (secondary N) is 1. The fraction of sp³-hybridized carbons (Fsp3) is 0.280. The van der Waals surface area contributed by atoms with E-state index >= 15 is 0 Å². The summed E-state index contributed by atoms with van der Waals surface area (Å²) in [4.78, 5) is 29.3. The molecule has 3 aromatic rings. The normalized spacial score (nSPS) is 15.1. The number of halogens is 3. The fourth-order valence-electron chi connectivity index (χ4n) is 4.23. The number of anilines is 1. The summed E-state index contributed by atoms with van der Waals surface area (Å²) in [6.45, 7) is 2.92. The topological polar surface area (TPSA) is 57.6 Å². The van der Waals surface area contributed by atoms with Crippen molar-refractivity contribution >= 4 is 17.6 Å². The van der Waals surface area contributed by atoms with E-state index in [0.29, 0.717) is 25.1 Å². The van der Waals surface area contributed by atoms with Crippen molar-refractivity contribution in [2.45, 2.75) is 25.9 Å². The highest BCUT2D eigenvalue weighted by atomic mass is 19.2. The lowest BCUT2D eigenvalue weighted by atomic mass is 9.99. The Morgan fingerprint density at radius 2 is 1.85 bits per heavy atom. The molecule has 9 heteroatoms. The minimum absolute atomic E-state index is 0.0888. The molecule has 1 N–H and O–H groups in total. The summed E-state index contributed by atoms with van der Waals surface area (Å²) < 4.78 is 42.8. The molecule has 1 aromatic heterocycles. The van der Waals surface area contributed by atoms with Crippen molar-refractivity contribution in [3.63, 3.8) is 0 Å². The van der Waals surface area contributed by atoms with Crippen molar-refractivity contribution in [1.29, 1.82) is 0 Å². The lowest BCUT2D eigenvalue weighted by Crippen LogP contribution is -2.48. The maximum Gasteiger partial charge on any atom is 0.322 e. The molecule has 0 radical (unpaired) electrons. The summed E-state index contributed by atoms with van der Waals surface area (Å²) in [5, 5.41) is 2.52. The number of carbonyl (C=O) groups excluding carboxylic acids is 2. The first-order valence-corrected chi connectivity index (χ1v) is 11.1. The Labute approximate surface area is 195 Å². The van der Waals surface area contributed by atoms with Crippen molar-refractivity contribution in [3.8, 4) is 0 Å². The first-order chi connectivity index (χ1) is 16.4.